The van der Waals surface area contributed by atoms with Crippen LogP contribution in [0.3, 0.4) is 0 Å². The van der Waals surface area contributed by atoms with Crippen LogP contribution in [0.15, 0.2) is 22.9 Å². The number of piperidine rings is 1. The molecule has 2 atom stereocenters. The number of hydrogen-bond acceptors (Lipinski definition) is 8. The summed E-state index contributed by atoms with van der Waals surface area (Å²) in [6.07, 6.45) is 3.82. The molecule has 0 saturated carbocycles. The second kappa shape index (κ2) is 9.58. The molecular weight excluding hydrogens is 406 g/mol. The Kier molecular flexibility index (Phi) is 7.08. The van der Waals surface area contributed by atoms with Gasteiger partial charge in [0.15, 0.2) is 5.82 Å². The molecule has 2 aliphatic heterocycles. The molecule has 2 saturated heterocycles. The van der Waals surface area contributed by atoms with Crippen molar-refractivity contribution in [3.63, 3.8) is 0 Å². The quantitative estimate of drug-likeness (QED) is 0.508. The van der Waals surface area contributed by atoms with Gasteiger partial charge >= 0.3 is 0 Å². The Bertz CT molecular complexity index is 857. The number of carboxylic acid groups (broad SMARTS) is 1. The summed E-state index contributed by atoms with van der Waals surface area (Å²) in [6, 6.07) is 3.02. The van der Waals surface area contributed by atoms with Gasteiger partial charge in [0.25, 0.3) is 12.4 Å². The first-order chi connectivity index (χ1) is 14.8. The van der Waals surface area contributed by atoms with Crippen molar-refractivity contribution in [2.24, 2.45) is 0 Å². The summed E-state index contributed by atoms with van der Waals surface area (Å²) >= 11 is 0. The molecule has 2 fully saturated rings. The third-order valence-corrected chi connectivity index (χ3v) is 5.84. The standard InChI is InChI=1S/C19H27N5O4.CH2O2/c1-13-21-16(23-28-13)10-24-8-5-19(6-9-24)12-18(2,26)15(11-27-19)22-17(25)14-4-3-7-20-14;2-1-3/h3-4,7,15,20,26H,5-6,8-12H2,1-2H3,(H,22,25);1H,(H,2,3)/t15-,18-;/m0./s1. The topological polar surface area (TPSA) is 154 Å². The van der Waals surface area contributed by atoms with Gasteiger partial charge < -0.3 is 29.8 Å². The van der Waals surface area contributed by atoms with E-state index in [4.69, 9.17) is 19.2 Å². The molecule has 2 aromatic heterocycles. The first kappa shape index (κ1) is 22.9. The fraction of sp³-hybridized carbons (Fsp3) is 0.600. The zero-order valence-electron chi connectivity index (χ0n) is 17.7. The van der Waals surface area contributed by atoms with E-state index >= 15 is 0 Å². The van der Waals surface area contributed by atoms with Crippen LogP contribution in [0.1, 0.15) is 48.4 Å². The molecule has 0 bridgehead atoms. The van der Waals surface area contributed by atoms with Crippen molar-refractivity contribution in [3.05, 3.63) is 35.7 Å². The van der Waals surface area contributed by atoms with E-state index in [1.165, 1.54) is 0 Å². The minimum atomic E-state index is -1.03. The van der Waals surface area contributed by atoms with E-state index in [1.54, 1.807) is 32.2 Å². The van der Waals surface area contributed by atoms with Crippen LogP contribution in [0.25, 0.3) is 0 Å². The highest BCUT2D eigenvalue weighted by Gasteiger charge is 2.49. The first-order valence-electron chi connectivity index (χ1n) is 10.2. The van der Waals surface area contributed by atoms with Crippen molar-refractivity contribution in [2.45, 2.75) is 56.9 Å². The number of aliphatic hydroxyl groups is 1. The minimum Gasteiger partial charge on any atom is -0.483 e. The van der Waals surface area contributed by atoms with Crippen molar-refractivity contribution in [1.82, 2.24) is 25.3 Å². The molecule has 1 spiro atoms. The Morgan fingerprint density at radius 2 is 2.16 bits per heavy atom. The van der Waals surface area contributed by atoms with Crippen molar-refractivity contribution >= 4 is 12.4 Å². The summed E-state index contributed by atoms with van der Waals surface area (Å²) in [7, 11) is 0. The molecule has 1 amide bonds. The number of hydrogen-bond donors (Lipinski definition) is 4. The molecule has 11 nitrogen and oxygen atoms in total. The Morgan fingerprint density at radius 3 is 2.71 bits per heavy atom. The Balaban J connectivity index is 0.000000858. The summed E-state index contributed by atoms with van der Waals surface area (Å²) in [5.74, 6) is 1.03. The van der Waals surface area contributed by atoms with Gasteiger partial charge in [0.1, 0.15) is 5.69 Å². The van der Waals surface area contributed by atoms with Crippen molar-refractivity contribution in [1.29, 1.82) is 0 Å². The van der Waals surface area contributed by atoms with Crippen LogP contribution in [0.2, 0.25) is 0 Å². The van der Waals surface area contributed by atoms with Gasteiger partial charge in [-0.15, -0.1) is 0 Å². The van der Waals surface area contributed by atoms with Gasteiger partial charge in [-0.25, -0.2) is 0 Å². The third kappa shape index (κ3) is 5.69. The van der Waals surface area contributed by atoms with E-state index in [-0.39, 0.29) is 18.0 Å². The second-order valence-corrected chi connectivity index (χ2v) is 8.25. The van der Waals surface area contributed by atoms with Gasteiger partial charge in [-0.1, -0.05) is 5.16 Å². The van der Waals surface area contributed by atoms with Crippen LogP contribution < -0.4 is 5.32 Å². The lowest BCUT2D eigenvalue weighted by Crippen LogP contribution is -2.63. The molecule has 4 rings (SSSR count). The normalized spacial score (nSPS) is 25.5. The third-order valence-electron chi connectivity index (χ3n) is 5.84. The Labute approximate surface area is 179 Å². The van der Waals surface area contributed by atoms with Gasteiger partial charge in [-0.05, 0) is 31.9 Å². The van der Waals surface area contributed by atoms with Crippen LogP contribution >= 0.6 is 0 Å². The molecule has 0 aromatic carbocycles. The number of nitrogens with zero attached hydrogens (tertiary/aromatic N) is 3. The summed E-state index contributed by atoms with van der Waals surface area (Å²) in [6.45, 7) is 5.94. The Morgan fingerprint density at radius 1 is 1.45 bits per heavy atom. The highest BCUT2D eigenvalue weighted by Crippen LogP contribution is 2.39. The van der Waals surface area contributed by atoms with E-state index in [0.29, 0.717) is 37.0 Å². The van der Waals surface area contributed by atoms with E-state index in [9.17, 15) is 9.90 Å². The lowest BCUT2D eigenvalue weighted by molar-refractivity contribution is -0.186. The van der Waals surface area contributed by atoms with E-state index < -0.39 is 11.6 Å². The summed E-state index contributed by atoms with van der Waals surface area (Å²) in [4.78, 5) is 30.1. The average molecular weight is 435 g/mol. The molecule has 4 N–H and O–H groups in total. The number of nitrogens with one attached hydrogen (secondary N) is 2. The lowest BCUT2D eigenvalue weighted by Gasteiger charge is -2.51. The highest BCUT2D eigenvalue weighted by molar-refractivity contribution is 5.92. The number of carbonyl (C=O) groups is 2. The molecule has 0 radical (unpaired) electrons. The SMILES string of the molecule is Cc1nc(CN2CCC3(CC2)C[C@](C)(O)[C@@H](NC(=O)c2ccc[nH]2)CO3)no1.O=CO. The number of H-pyrrole nitrogens is 1. The predicted molar refractivity (Wildman–Crippen MR) is 108 cm³/mol. The number of likely N-dealkylation sites (tertiary alicyclic amines) is 1. The zero-order chi connectivity index (χ0) is 22.5. The maximum atomic E-state index is 12.3. The summed E-state index contributed by atoms with van der Waals surface area (Å²) in [5.41, 5.74) is -0.921. The fourth-order valence-corrected chi connectivity index (χ4v) is 4.22. The molecule has 2 aromatic rings. The van der Waals surface area contributed by atoms with Crippen LogP contribution in [0.4, 0.5) is 0 Å². The average Bonchev–Trinajstić information content (AvgIpc) is 3.38. The van der Waals surface area contributed by atoms with Crippen LogP contribution in [-0.2, 0) is 16.1 Å². The monoisotopic (exact) mass is 435 g/mol. The van der Waals surface area contributed by atoms with E-state index in [1.807, 2.05) is 0 Å². The van der Waals surface area contributed by atoms with Crippen LogP contribution in [0, 0.1) is 6.92 Å². The number of rotatable bonds is 4. The highest BCUT2D eigenvalue weighted by atomic mass is 16.5. The number of carbonyl (C=O) groups excluding carboxylic acids is 1. The Hall–Kier alpha value is -2.76. The largest absolute Gasteiger partial charge is 0.483 e. The van der Waals surface area contributed by atoms with Gasteiger partial charge in [0.2, 0.25) is 5.89 Å². The first-order valence-corrected chi connectivity index (χ1v) is 10.2. The lowest BCUT2D eigenvalue weighted by atomic mass is 9.75. The van der Waals surface area contributed by atoms with Crippen molar-refractivity contribution in [2.75, 3.05) is 19.7 Å². The summed E-state index contributed by atoms with van der Waals surface area (Å²) < 4.78 is 11.2. The molecule has 4 heterocycles. The predicted octanol–water partition coefficient (Wildman–Crippen LogP) is 0.711. The second-order valence-electron chi connectivity index (χ2n) is 8.25. The van der Waals surface area contributed by atoms with Crippen LogP contribution in [0.5, 0.6) is 0 Å². The van der Waals surface area contributed by atoms with E-state index in [0.717, 1.165) is 25.9 Å². The van der Waals surface area contributed by atoms with Gasteiger partial charge in [-0.3, -0.25) is 14.5 Å². The van der Waals surface area contributed by atoms with Gasteiger partial charge in [0.05, 0.1) is 30.4 Å². The molecular formula is C20H29N5O6. The maximum Gasteiger partial charge on any atom is 0.290 e. The van der Waals surface area contributed by atoms with Gasteiger partial charge in [0, 0.05) is 32.6 Å². The minimum absolute atomic E-state index is 0.236. The van der Waals surface area contributed by atoms with E-state index in [2.05, 4.69) is 25.3 Å². The smallest absolute Gasteiger partial charge is 0.290 e. The molecule has 2 aliphatic rings. The summed E-state index contributed by atoms with van der Waals surface area (Å²) in [5, 5.41) is 24.8. The van der Waals surface area contributed by atoms with Crippen molar-refractivity contribution in [3.8, 4) is 0 Å². The number of aromatic nitrogens is 3. The molecule has 0 unspecified atom stereocenters. The molecule has 31 heavy (non-hydrogen) atoms. The molecule has 0 aliphatic carbocycles. The number of aromatic amines is 1. The number of aryl methyl sites for hydroxylation is 1. The number of ether oxygens (including phenoxy) is 1. The van der Waals surface area contributed by atoms with Crippen LogP contribution in [-0.4, -0.2) is 79.6 Å². The molecule has 11 heteroatoms. The maximum absolute atomic E-state index is 12.3. The van der Waals surface area contributed by atoms with Gasteiger partial charge in [-0.2, -0.15) is 4.98 Å². The van der Waals surface area contributed by atoms with Crippen molar-refractivity contribution < 1.29 is 29.1 Å². The molecule has 170 valence electrons. The zero-order valence-corrected chi connectivity index (χ0v) is 17.7. The fourth-order valence-electron chi connectivity index (χ4n) is 4.22. The number of amides is 1.